The molecule has 0 atom stereocenters. The zero-order valence-electron chi connectivity index (χ0n) is 10.2. The lowest BCUT2D eigenvalue weighted by Gasteiger charge is -2.12. The zero-order valence-corrected chi connectivity index (χ0v) is 11.9. The number of hydrogen-bond acceptors (Lipinski definition) is 6. The van der Waals surface area contributed by atoms with E-state index in [1.165, 1.54) is 11.5 Å². The highest BCUT2D eigenvalue weighted by atomic mass is 32.1. The molecule has 2 aromatic heterocycles. The van der Waals surface area contributed by atoms with E-state index < -0.39 is 0 Å². The Kier molecular flexibility index (Phi) is 3.73. The molecule has 2 aromatic rings. The maximum absolute atomic E-state index is 4.48. The van der Waals surface area contributed by atoms with Crippen molar-refractivity contribution >= 4 is 28.0 Å². The van der Waals surface area contributed by atoms with Gasteiger partial charge in [-0.15, -0.1) is 11.3 Å². The topological polar surface area (TPSA) is 50.7 Å². The molecule has 4 nitrogen and oxygen atoms in total. The summed E-state index contributed by atoms with van der Waals surface area (Å²) in [5.41, 5.74) is 3.01. The van der Waals surface area contributed by atoms with Gasteiger partial charge in [0.2, 0.25) is 5.13 Å². The maximum atomic E-state index is 4.48. The highest BCUT2D eigenvalue weighted by molar-refractivity contribution is 7.09. The third kappa shape index (κ3) is 3.47. The lowest BCUT2D eigenvalue weighted by Crippen LogP contribution is -2.13. The molecule has 0 amide bonds. The van der Waals surface area contributed by atoms with Crippen LogP contribution in [-0.4, -0.2) is 20.9 Å². The predicted octanol–water partition coefficient (Wildman–Crippen LogP) is 2.95. The van der Waals surface area contributed by atoms with Gasteiger partial charge in [-0.3, -0.25) is 0 Å². The molecule has 0 radical (unpaired) electrons. The van der Waals surface area contributed by atoms with Gasteiger partial charge in [0, 0.05) is 35.3 Å². The van der Waals surface area contributed by atoms with Crippen molar-refractivity contribution in [2.75, 3.05) is 11.9 Å². The van der Waals surface area contributed by atoms with Crippen molar-refractivity contribution < 1.29 is 0 Å². The van der Waals surface area contributed by atoms with Gasteiger partial charge in [-0.1, -0.05) is 20.8 Å². The summed E-state index contributed by atoms with van der Waals surface area (Å²) in [4.78, 5) is 8.72. The molecule has 0 saturated carbocycles. The second kappa shape index (κ2) is 5.10. The summed E-state index contributed by atoms with van der Waals surface area (Å²) < 4.78 is 4.36. The van der Waals surface area contributed by atoms with Crippen LogP contribution in [0.1, 0.15) is 32.3 Å². The summed E-state index contributed by atoms with van der Waals surface area (Å²) in [7, 11) is 0. The van der Waals surface area contributed by atoms with Crippen LogP contribution in [-0.2, 0) is 11.8 Å². The summed E-state index contributed by atoms with van der Waals surface area (Å²) in [6.07, 6.45) is 0.925. The summed E-state index contributed by atoms with van der Waals surface area (Å²) in [6.45, 7) is 7.21. The Morgan fingerprint density at radius 1 is 1.35 bits per heavy atom. The first-order valence-corrected chi connectivity index (χ1v) is 7.22. The molecule has 17 heavy (non-hydrogen) atoms. The van der Waals surface area contributed by atoms with E-state index in [2.05, 4.69) is 45.8 Å². The minimum Gasteiger partial charge on any atom is -0.360 e. The number of anilines is 1. The van der Waals surface area contributed by atoms with Gasteiger partial charge < -0.3 is 5.32 Å². The fourth-order valence-corrected chi connectivity index (χ4v) is 2.63. The second-order valence-electron chi connectivity index (χ2n) is 4.83. The Balaban J connectivity index is 1.85. The standard InChI is InChI=1S/C11H16N4S2/c1-11(2,3)9-14-10(17-15-9)12-5-4-8-6-16-7-13-8/h6-7H,4-5H2,1-3H3,(H,12,14,15). The molecule has 0 bridgehead atoms. The van der Waals surface area contributed by atoms with Crippen molar-refractivity contribution in [1.29, 1.82) is 0 Å². The number of aromatic nitrogens is 3. The normalized spacial score (nSPS) is 11.7. The van der Waals surface area contributed by atoms with Crippen LogP contribution in [0.3, 0.4) is 0 Å². The third-order valence-electron chi connectivity index (χ3n) is 2.24. The SMILES string of the molecule is CC(C)(C)c1nsc(NCCc2cscn2)n1. The first-order chi connectivity index (χ1) is 8.05. The Morgan fingerprint density at radius 3 is 2.76 bits per heavy atom. The highest BCUT2D eigenvalue weighted by Gasteiger charge is 2.19. The monoisotopic (exact) mass is 268 g/mol. The maximum Gasteiger partial charge on any atom is 0.202 e. The number of nitrogens with one attached hydrogen (secondary N) is 1. The summed E-state index contributed by atoms with van der Waals surface area (Å²) >= 11 is 3.05. The van der Waals surface area contributed by atoms with Gasteiger partial charge in [0.15, 0.2) is 0 Å². The number of nitrogens with zero attached hydrogens (tertiary/aromatic N) is 3. The predicted molar refractivity (Wildman–Crippen MR) is 72.9 cm³/mol. The number of rotatable bonds is 4. The van der Waals surface area contributed by atoms with E-state index in [1.54, 1.807) is 11.3 Å². The molecule has 2 rings (SSSR count). The quantitative estimate of drug-likeness (QED) is 0.926. The largest absolute Gasteiger partial charge is 0.360 e. The smallest absolute Gasteiger partial charge is 0.202 e. The Hall–Kier alpha value is -1.01. The van der Waals surface area contributed by atoms with Gasteiger partial charge >= 0.3 is 0 Å². The van der Waals surface area contributed by atoms with Gasteiger partial charge in [0.1, 0.15) is 5.82 Å². The van der Waals surface area contributed by atoms with Crippen LogP contribution in [0, 0.1) is 0 Å². The summed E-state index contributed by atoms with van der Waals surface area (Å²) in [6, 6.07) is 0. The number of hydrogen-bond donors (Lipinski definition) is 1. The molecule has 0 spiro atoms. The summed E-state index contributed by atoms with van der Waals surface area (Å²) in [5.74, 6) is 0.902. The molecular weight excluding hydrogens is 252 g/mol. The Labute approximate surface area is 109 Å². The van der Waals surface area contributed by atoms with Crippen molar-refractivity contribution in [3.8, 4) is 0 Å². The molecule has 6 heteroatoms. The van der Waals surface area contributed by atoms with Crippen molar-refractivity contribution in [2.24, 2.45) is 0 Å². The van der Waals surface area contributed by atoms with Crippen molar-refractivity contribution in [3.05, 3.63) is 22.4 Å². The van der Waals surface area contributed by atoms with Crippen LogP contribution < -0.4 is 5.32 Å². The molecule has 1 N–H and O–H groups in total. The molecule has 0 saturated heterocycles. The van der Waals surface area contributed by atoms with Crippen LogP contribution in [0.4, 0.5) is 5.13 Å². The van der Waals surface area contributed by atoms with Crippen LogP contribution >= 0.6 is 22.9 Å². The molecule has 0 aliphatic rings. The van der Waals surface area contributed by atoms with E-state index in [1.807, 2.05) is 5.51 Å². The van der Waals surface area contributed by atoms with Crippen LogP contribution in [0.5, 0.6) is 0 Å². The van der Waals surface area contributed by atoms with Gasteiger partial charge in [-0.25, -0.2) is 9.97 Å². The van der Waals surface area contributed by atoms with Crippen LogP contribution in [0.2, 0.25) is 0 Å². The second-order valence-corrected chi connectivity index (χ2v) is 6.30. The van der Waals surface area contributed by atoms with Gasteiger partial charge in [0.05, 0.1) is 11.2 Å². The van der Waals surface area contributed by atoms with Crippen molar-refractivity contribution in [3.63, 3.8) is 0 Å². The first-order valence-electron chi connectivity index (χ1n) is 5.51. The molecule has 0 fully saturated rings. The fourth-order valence-electron chi connectivity index (χ4n) is 1.26. The molecule has 0 unspecified atom stereocenters. The van der Waals surface area contributed by atoms with E-state index in [4.69, 9.17) is 0 Å². The Morgan fingerprint density at radius 2 is 2.18 bits per heavy atom. The average Bonchev–Trinajstić information content (AvgIpc) is 2.86. The molecular formula is C11H16N4S2. The zero-order chi connectivity index (χ0) is 12.3. The Bertz CT molecular complexity index is 456. The van der Waals surface area contributed by atoms with Gasteiger partial charge in [-0.05, 0) is 0 Å². The molecule has 0 aromatic carbocycles. The first kappa shape index (κ1) is 12.4. The van der Waals surface area contributed by atoms with Gasteiger partial charge in [-0.2, -0.15) is 4.37 Å². The molecule has 0 aliphatic carbocycles. The lowest BCUT2D eigenvalue weighted by molar-refractivity contribution is 0.555. The van der Waals surface area contributed by atoms with E-state index in [9.17, 15) is 0 Å². The highest BCUT2D eigenvalue weighted by Crippen LogP contribution is 2.22. The van der Waals surface area contributed by atoms with E-state index in [-0.39, 0.29) is 5.41 Å². The van der Waals surface area contributed by atoms with Crippen molar-refractivity contribution in [1.82, 2.24) is 14.3 Å². The van der Waals surface area contributed by atoms with Crippen molar-refractivity contribution in [2.45, 2.75) is 32.6 Å². The van der Waals surface area contributed by atoms with E-state index in [0.29, 0.717) is 0 Å². The van der Waals surface area contributed by atoms with Crippen LogP contribution in [0.25, 0.3) is 0 Å². The average molecular weight is 268 g/mol. The van der Waals surface area contributed by atoms with Crippen LogP contribution in [0.15, 0.2) is 10.9 Å². The van der Waals surface area contributed by atoms with E-state index >= 15 is 0 Å². The minimum absolute atomic E-state index is 0.0192. The third-order valence-corrected chi connectivity index (χ3v) is 3.55. The van der Waals surface area contributed by atoms with E-state index in [0.717, 1.165) is 29.6 Å². The van der Waals surface area contributed by atoms with Gasteiger partial charge in [0.25, 0.3) is 0 Å². The minimum atomic E-state index is 0.0192. The fraction of sp³-hybridized carbons (Fsp3) is 0.545. The molecule has 0 aliphatic heterocycles. The molecule has 92 valence electrons. The molecule has 2 heterocycles. The lowest BCUT2D eigenvalue weighted by atomic mass is 9.96. The summed E-state index contributed by atoms with van der Waals surface area (Å²) in [5, 5.41) is 6.25. The number of thiazole rings is 1.